The lowest BCUT2D eigenvalue weighted by Gasteiger charge is -2.28. The van der Waals surface area contributed by atoms with Crippen LogP contribution in [0.5, 0.6) is 0 Å². The van der Waals surface area contributed by atoms with Gasteiger partial charge in [0.15, 0.2) is 0 Å². The van der Waals surface area contributed by atoms with E-state index in [-0.39, 0.29) is 0 Å². The third-order valence-electron chi connectivity index (χ3n) is 3.76. The van der Waals surface area contributed by atoms with Gasteiger partial charge < -0.3 is 0 Å². The highest BCUT2D eigenvalue weighted by molar-refractivity contribution is 5.77. The smallest absolute Gasteiger partial charge is 0.150 e. The molecular formula is C15H21NO. The van der Waals surface area contributed by atoms with Crippen molar-refractivity contribution in [3.63, 3.8) is 0 Å². The highest BCUT2D eigenvalue weighted by atomic mass is 16.1. The molecular weight excluding hydrogens is 210 g/mol. The van der Waals surface area contributed by atoms with Gasteiger partial charge in [0, 0.05) is 11.6 Å². The summed E-state index contributed by atoms with van der Waals surface area (Å²) in [7, 11) is 0. The standard InChI is InChI=1S/C15H21NO/c1-13(16-10-6-2-3-7-11-16)15-9-5-4-8-14(15)12-17/h4-5,8-9,12-13H,2-3,6-7,10-11H2,1H3. The fourth-order valence-corrected chi connectivity index (χ4v) is 2.68. The highest BCUT2D eigenvalue weighted by Gasteiger charge is 2.18. The van der Waals surface area contributed by atoms with E-state index in [1.165, 1.54) is 31.2 Å². The summed E-state index contributed by atoms with van der Waals surface area (Å²) in [5.74, 6) is 0. The molecule has 2 heteroatoms. The predicted octanol–water partition coefficient (Wildman–Crippen LogP) is 3.44. The minimum Gasteiger partial charge on any atom is -0.298 e. The second-order valence-corrected chi connectivity index (χ2v) is 4.87. The largest absolute Gasteiger partial charge is 0.298 e. The van der Waals surface area contributed by atoms with Crippen molar-refractivity contribution >= 4 is 6.29 Å². The van der Waals surface area contributed by atoms with Crippen LogP contribution in [0, 0.1) is 0 Å². The van der Waals surface area contributed by atoms with Crippen molar-refractivity contribution in [3.05, 3.63) is 35.4 Å². The van der Waals surface area contributed by atoms with Crippen LogP contribution in [0.25, 0.3) is 0 Å². The van der Waals surface area contributed by atoms with Gasteiger partial charge in [-0.15, -0.1) is 0 Å². The van der Waals surface area contributed by atoms with Crippen molar-refractivity contribution < 1.29 is 4.79 Å². The summed E-state index contributed by atoms with van der Waals surface area (Å²) in [4.78, 5) is 13.6. The Balaban J connectivity index is 2.16. The summed E-state index contributed by atoms with van der Waals surface area (Å²) in [5, 5.41) is 0. The molecule has 0 bridgehead atoms. The van der Waals surface area contributed by atoms with E-state index in [1.54, 1.807) is 0 Å². The third kappa shape index (κ3) is 2.95. The van der Waals surface area contributed by atoms with Gasteiger partial charge in [0.1, 0.15) is 6.29 Å². The van der Waals surface area contributed by atoms with E-state index >= 15 is 0 Å². The van der Waals surface area contributed by atoms with Gasteiger partial charge in [0.2, 0.25) is 0 Å². The second-order valence-electron chi connectivity index (χ2n) is 4.87. The van der Waals surface area contributed by atoms with E-state index < -0.39 is 0 Å². The quantitative estimate of drug-likeness (QED) is 0.743. The minimum atomic E-state index is 0.356. The Kier molecular flexibility index (Phi) is 4.32. The maximum Gasteiger partial charge on any atom is 0.150 e. The minimum absolute atomic E-state index is 0.356. The number of hydrogen-bond acceptors (Lipinski definition) is 2. The molecule has 0 radical (unpaired) electrons. The summed E-state index contributed by atoms with van der Waals surface area (Å²) in [6, 6.07) is 8.31. The van der Waals surface area contributed by atoms with E-state index in [4.69, 9.17) is 0 Å². The number of carbonyl (C=O) groups is 1. The SMILES string of the molecule is CC(c1ccccc1C=O)N1CCCCCC1. The highest BCUT2D eigenvalue weighted by Crippen LogP contribution is 2.25. The van der Waals surface area contributed by atoms with E-state index in [1.807, 2.05) is 18.2 Å². The first-order valence-corrected chi connectivity index (χ1v) is 6.61. The van der Waals surface area contributed by atoms with Crippen molar-refractivity contribution in [1.82, 2.24) is 4.90 Å². The zero-order valence-electron chi connectivity index (χ0n) is 10.6. The molecule has 17 heavy (non-hydrogen) atoms. The Labute approximate surface area is 104 Å². The molecule has 0 spiro atoms. The Morgan fingerprint density at radius 3 is 2.41 bits per heavy atom. The molecule has 1 aliphatic rings. The molecule has 0 saturated carbocycles. The molecule has 2 rings (SSSR count). The van der Waals surface area contributed by atoms with Crippen molar-refractivity contribution in [2.24, 2.45) is 0 Å². The van der Waals surface area contributed by atoms with Crippen LogP contribution in [0.2, 0.25) is 0 Å². The molecule has 1 saturated heterocycles. The molecule has 1 unspecified atom stereocenters. The van der Waals surface area contributed by atoms with Crippen LogP contribution in [0.3, 0.4) is 0 Å². The summed E-state index contributed by atoms with van der Waals surface area (Å²) in [6.07, 6.45) is 6.24. The Morgan fingerprint density at radius 1 is 1.12 bits per heavy atom. The van der Waals surface area contributed by atoms with Crippen LogP contribution in [0.4, 0.5) is 0 Å². The van der Waals surface area contributed by atoms with Crippen molar-refractivity contribution in [1.29, 1.82) is 0 Å². The van der Waals surface area contributed by atoms with Crippen LogP contribution in [0.15, 0.2) is 24.3 Å². The van der Waals surface area contributed by atoms with Gasteiger partial charge in [-0.25, -0.2) is 0 Å². The molecule has 2 nitrogen and oxygen atoms in total. The molecule has 1 heterocycles. The van der Waals surface area contributed by atoms with Gasteiger partial charge in [-0.05, 0) is 38.4 Å². The zero-order valence-corrected chi connectivity index (χ0v) is 10.6. The van der Waals surface area contributed by atoms with Crippen LogP contribution in [0.1, 0.15) is 54.6 Å². The van der Waals surface area contributed by atoms with Crippen LogP contribution < -0.4 is 0 Å². The van der Waals surface area contributed by atoms with Crippen LogP contribution >= 0.6 is 0 Å². The van der Waals surface area contributed by atoms with Crippen LogP contribution in [-0.2, 0) is 0 Å². The summed E-state index contributed by atoms with van der Waals surface area (Å²) >= 11 is 0. The van der Waals surface area contributed by atoms with Gasteiger partial charge in [0.05, 0.1) is 0 Å². The molecule has 1 aromatic carbocycles. The van der Waals surface area contributed by atoms with Gasteiger partial charge in [-0.1, -0.05) is 37.1 Å². The summed E-state index contributed by atoms with van der Waals surface area (Å²) < 4.78 is 0. The maximum atomic E-state index is 11.1. The van der Waals surface area contributed by atoms with Crippen molar-refractivity contribution in [2.45, 2.75) is 38.6 Å². The van der Waals surface area contributed by atoms with E-state index in [0.29, 0.717) is 6.04 Å². The van der Waals surface area contributed by atoms with E-state index in [2.05, 4.69) is 17.9 Å². The van der Waals surface area contributed by atoms with E-state index in [9.17, 15) is 4.79 Å². The monoisotopic (exact) mass is 231 g/mol. The second kappa shape index (κ2) is 5.97. The number of benzene rings is 1. The van der Waals surface area contributed by atoms with Gasteiger partial charge in [-0.3, -0.25) is 9.69 Å². The Bertz CT molecular complexity index is 367. The van der Waals surface area contributed by atoms with Crippen LogP contribution in [-0.4, -0.2) is 24.3 Å². The molecule has 1 aliphatic heterocycles. The molecule has 0 amide bonds. The fraction of sp³-hybridized carbons (Fsp3) is 0.533. The van der Waals surface area contributed by atoms with Gasteiger partial charge in [-0.2, -0.15) is 0 Å². The molecule has 1 atom stereocenters. The normalized spacial score (nSPS) is 19.6. The molecule has 92 valence electrons. The average molecular weight is 231 g/mol. The number of rotatable bonds is 3. The number of aldehydes is 1. The number of hydrogen-bond donors (Lipinski definition) is 0. The van der Waals surface area contributed by atoms with Crippen molar-refractivity contribution in [3.8, 4) is 0 Å². The Morgan fingerprint density at radius 2 is 1.76 bits per heavy atom. The fourth-order valence-electron chi connectivity index (χ4n) is 2.68. The van der Waals surface area contributed by atoms with Crippen molar-refractivity contribution in [2.75, 3.05) is 13.1 Å². The number of nitrogens with zero attached hydrogens (tertiary/aromatic N) is 1. The first kappa shape index (κ1) is 12.3. The topological polar surface area (TPSA) is 20.3 Å². The van der Waals surface area contributed by atoms with E-state index in [0.717, 1.165) is 24.9 Å². The maximum absolute atomic E-state index is 11.1. The first-order chi connectivity index (χ1) is 8.33. The average Bonchev–Trinajstić information content (AvgIpc) is 2.66. The third-order valence-corrected chi connectivity index (χ3v) is 3.76. The molecule has 1 fully saturated rings. The number of carbonyl (C=O) groups excluding carboxylic acids is 1. The summed E-state index contributed by atoms with van der Waals surface area (Å²) in [6.45, 7) is 4.54. The number of likely N-dealkylation sites (tertiary alicyclic amines) is 1. The predicted molar refractivity (Wildman–Crippen MR) is 70.3 cm³/mol. The van der Waals surface area contributed by atoms with Gasteiger partial charge in [0.25, 0.3) is 0 Å². The molecule has 0 N–H and O–H groups in total. The molecule has 1 aromatic rings. The summed E-state index contributed by atoms with van der Waals surface area (Å²) in [5.41, 5.74) is 2.01. The molecule has 0 aliphatic carbocycles. The zero-order chi connectivity index (χ0) is 12.1. The molecule has 0 aromatic heterocycles. The Hall–Kier alpha value is -1.15. The van der Waals surface area contributed by atoms with Gasteiger partial charge >= 0.3 is 0 Å². The lowest BCUT2D eigenvalue weighted by molar-refractivity contribution is 0.111. The first-order valence-electron chi connectivity index (χ1n) is 6.61. The lowest BCUT2D eigenvalue weighted by Crippen LogP contribution is -2.28. The lowest BCUT2D eigenvalue weighted by atomic mass is 10.0.